The summed E-state index contributed by atoms with van der Waals surface area (Å²) in [5.74, 6) is -0.941. The molecule has 3 aromatic carbocycles. The lowest BCUT2D eigenvalue weighted by Crippen LogP contribution is -2.46. The van der Waals surface area contributed by atoms with Crippen LogP contribution in [-0.4, -0.2) is 45.8 Å². The average Bonchev–Trinajstić information content (AvgIpc) is 3.48. The number of carbonyl (C=O) groups is 1. The van der Waals surface area contributed by atoms with E-state index < -0.39 is 35.7 Å². The molecule has 1 atom stereocenters. The van der Waals surface area contributed by atoms with Gasteiger partial charge in [-0.15, -0.1) is 0 Å². The number of benzene rings is 3. The molecular formula is C27H21F4N3O4. The van der Waals surface area contributed by atoms with E-state index in [2.05, 4.69) is 5.10 Å². The lowest BCUT2D eigenvalue weighted by molar-refractivity contribution is -0.271. The Morgan fingerprint density at radius 3 is 2.34 bits per heavy atom. The van der Waals surface area contributed by atoms with Crippen molar-refractivity contribution in [1.82, 2.24) is 14.3 Å². The molecule has 0 spiro atoms. The number of hydrogen-bond donors (Lipinski definition) is 1. The highest BCUT2D eigenvalue weighted by molar-refractivity contribution is 5.96. The van der Waals surface area contributed by atoms with E-state index in [4.69, 9.17) is 9.47 Å². The van der Waals surface area contributed by atoms with Gasteiger partial charge < -0.3 is 19.1 Å². The number of methoxy groups -OCH3 is 2. The Morgan fingerprint density at radius 1 is 0.947 bits per heavy atom. The minimum Gasteiger partial charge on any atom is -0.497 e. The summed E-state index contributed by atoms with van der Waals surface area (Å²) in [6, 6.07) is 15.3. The summed E-state index contributed by atoms with van der Waals surface area (Å²) in [5.41, 5.74) is -2.79. The number of aliphatic hydroxyl groups is 1. The normalized spacial score (nSPS) is 13.6. The molecule has 1 N–H and O–H groups in total. The van der Waals surface area contributed by atoms with Crippen LogP contribution in [0.4, 0.5) is 17.6 Å². The fourth-order valence-corrected chi connectivity index (χ4v) is 4.46. The van der Waals surface area contributed by atoms with Crippen molar-refractivity contribution >= 4 is 27.8 Å². The van der Waals surface area contributed by atoms with Gasteiger partial charge in [0.15, 0.2) is 0 Å². The van der Waals surface area contributed by atoms with Crippen LogP contribution in [0.15, 0.2) is 72.9 Å². The van der Waals surface area contributed by atoms with Crippen LogP contribution in [0.1, 0.15) is 16.1 Å². The Bertz CT molecular complexity index is 1660. The van der Waals surface area contributed by atoms with Crippen LogP contribution >= 0.6 is 0 Å². The molecule has 0 saturated carbocycles. The maximum atomic E-state index is 14.6. The van der Waals surface area contributed by atoms with Gasteiger partial charge in [0, 0.05) is 16.8 Å². The summed E-state index contributed by atoms with van der Waals surface area (Å²) in [5, 5.41) is 16.3. The molecule has 0 fully saturated rings. The van der Waals surface area contributed by atoms with Crippen molar-refractivity contribution in [2.45, 2.75) is 18.3 Å². The summed E-state index contributed by atoms with van der Waals surface area (Å²) in [7, 11) is 2.52. The molecule has 196 valence electrons. The highest BCUT2D eigenvalue weighted by atomic mass is 19.4. The Labute approximate surface area is 213 Å². The van der Waals surface area contributed by atoms with Crippen LogP contribution in [0, 0.1) is 5.82 Å². The van der Waals surface area contributed by atoms with Crippen LogP contribution in [0.5, 0.6) is 5.75 Å². The molecule has 0 amide bonds. The largest absolute Gasteiger partial charge is 0.497 e. The van der Waals surface area contributed by atoms with E-state index in [0.29, 0.717) is 27.7 Å². The van der Waals surface area contributed by atoms with Gasteiger partial charge in [0.1, 0.15) is 17.3 Å². The van der Waals surface area contributed by atoms with E-state index in [9.17, 15) is 27.5 Å². The third-order valence-electron chi connectivity index (χ3n) is 6.48. The first-order valence-electron chi connectivity index (χ1n) is 11.3. The zero-order valence-electron chi connectivity index (χ0n) is 20.2. The van der Waals surface area contributed by atoms with E-state index in [-0.39, 0.29) is 11.2 Å². The summed E-state index contributed by atoms with van der Waals surface area (Å²) < 4.78 is 69.6. The molecule has 0 aliphatic rings. The van der Waals surface area contributed by atoms with Gasteiger partial charge in [0.05, 0.1) is 43.7 Å². The molecule has 2 heterocycles. The maximum absolute atomic E-state index is 14.6. The number of halogens is 4. The number of nitrogens with zero attached hydrogens (tertiary/aromatic N) is 3. The third-order valence-corrected chi connectivity index (χ3v) is 6.48. The monoisotopic (exact) mass is 527 g/mol. The van der Waals surface area contributed by atoms with Gasteiger partial charge in [0.2, 0.25) is 5.60 Å². The van der Waals surface area contributed by atoms with Crippen molar-refractivity contribution in [2.75, 3.05) is 14.2 Å². The van der Waals surface area contributed by atoms with E-state index in [1.807, 2.05) is 0 Å². The van der Waals surface area contributed by atoms with Gasteiger partial charge in [-0.05, 0) is 60.2 Å². The smallest absolute Gasteiger partial charge is 0.423 e. The number of ether oxygens (including phenoxy) is 2. The first kappa shape index (κ1) is 25.3. The second-order valence-corrected chi connectivity index (χ2v) is 8.70. The molecule has 5 aromatic rings. The summed E-state index contributed by atoms with van der Waals surface area (Å²) >= 11 is 0. The summed E-state index contributed by atoms with van der Waals surface area (Å²) in [6.45, 7) is -1.03. The molecule has 11 heteroatoms. The third kappa shape index (κ3) is 4.14. The number of hydrogen-bond acceptors (Lipinski definition) is 5. The number of esters is 1. The van der Waals surface area contributed by atoms with Crippen molar-refractivity contribution < 1.29 is 36.9 Å². The maximum Gasteiger partial charge on any atom is 0.423 e. The molecule has 7 nitrogen and oxygen atoms in total. The molecule has 0 bridgehead atoms. The number of rotatable bonds is 6. The molecule has 0 radical (unpaired) electrons. The zero-order chi connectivity index (χ0) is 27.2. The van der Waals surface area contributed by atoms with E-state index in [1.54, 1.807) is 12.1 Å². The first-order valence-corrected chi connectivity index (χ1v) is 11.3. The minimum absolute atomic E-state index is 0.163. The second-order valence-electron chi connectivity index (χ2n) is 8.70. The molecule has 2 aromatic heterocycles. The second kappa shape index (κ2) is 9.18. The van der Waals surface area contributed by atoms with Crippen LogP contribution < -0.4 is 4.74 Å². The molecule has 0 saturated heterocycles. The molecule has 38 heavy (non-hydrogen) atoms. The average molecular weight is 527 g/mol. The molecule has 0 aliphatic heterocycles. The number of alkyl halides is 3. The number of aromatic nitrogens is 3. The van der Waals surface area contributed by atoms with Crippen LogP contribution in [0.2, 0.25) is 0 Å². The Morgan fingerprint density at radius 2 is 1.68 bits per heavy atom. The van der Waals surface area contributed by atoms with Gasteiger partial charge in [-0.2, -0.15) is 18.3 Å². The first-order chi connectivity index (χ1) is 18.1. The molecule has 5 rings (SSSR count). The molecule has 1 unspecified atom stereocenters. The Kier molecular flexibility index (Phi) is 6.10. The van der Waals surface area contributed by atoms with Gasteiger partial charge >= 0.3 is 12.1 Å². The summed E-state index contributed by atoms with van der Waals surface area (Å²) in [6.07, 6.45) is -3.77. The predicted octanol–water partition coefficient (Wildman–Crippen LogP) is 5.36. The van der Waals surface area contributed by atoms with Crippen LogP contribution in [0.25, 0.3) is 27.5 Å². The fourth-order valence-electron chi connectivity index (χ4n) is 4.46. The van der Waals surface area contributed by atoms with Gasteiger partial charge in [-0.25, -0.2) is 13.9 Å². The quantitative estimate of drug-likeness (QED) is 0.238. The lowest BCUT2D eigenvalue weighted by atomic mass is 9.91. The standard InChI is InChI=1S/C27H21F4N3O4/c1-37-21-9-3-16-12-24(25(35)38-2)33(23(16)13-21)15-26(36,27(29,30)31)18-4-10-22-17(11-18)14-32-34(22)20-7-5-19(28)6-8-20/h3-14,36H,15H2,1-2H3. The number of fused-ring (bicyclic) bond motifs is 2. The van der Waals surface area contributed by atoms with E-state index in [0.717, 1.165) is 17.7 Å². The van der Waals surface area contributed by atoms with E-state index >= 15 is 0 Å². The van der Waals surface area contributed by atoms with Crippen molar-refractivity contribution in [3.8, 4) is 11.4 Å². The SMILES string of the molecule is COC(=O)c1cc2ccc(OC)cc2n1CC(O)(c1ccc2c(cnn2-c2ccc(F)cc2)c1)C(F)(F)F. The van der Waals surface area contributed by atoms with Crippen LogP contribution in [-0.2, 0) is 16.9 Å². The number of carbonyl (C=O) groups excluding carboxylic acids is 1. The van der Waals surface area contributed by atoms with Crippen molar-refractivity contribution in [3.05, 3.63) is 90.0 Å². The Hall–Kier alpha value is -4.38. The minimum atomic E-state index is -5.13. The summed E-state index contributed by atoms with van der Waals surface area (Å²) in [4.78, 5) is 12.5. The van der Waals surface area contributed by atoms with E-state index in [1.165, 1.54) is 66.5 Å². The van der Waals surface area contributed by atoms with Crippen molar-refractivity contribution in [3.63, 3.8) is 0 Å². The van der Waals surface area contributed by atoms with Gasteiger partial charge in [0.25, 0.3) is 0 Å². The zero-order valence-corrected chi connectivity index (χ0v) is 20.2. The highest BCUT2D eigenvalue weighted by Gasteiger charge is 2.55. The van der Waals surface area contributed by atoms with Crippen molar-refractivity contribution in [2.24, 2.45) is 0 Å². The fraction of sp³-hybridized carbons (Fsp3) is 0.185. The Balaban J connectivity index is 1.65. The lowest BCUT2D eigenvalue weighted by Gasteiger charge is -2.32. The van der Waals surface area contributed by atoms with Gasteiger partial charge in [-0.1, -0.05) is 6.07 Å². The topological polar surface area (TPSA) is 78.5 Å². The van der Waals surface area contributed by atoms with Crippen LogP contribution in [0.3, 0.4) is 0 Å². The highest BCUT2D eigenvalue weighted by Crippen LogP contribution is 2.42. The van der Waals surface area contributed by atoms with Crippen molar-refractivity contribution in [1.29, 1.82) is 0 Å². The predicted molar refractivity (Wildman–Crippen MR) is 131 cm³/mol. The van der Waals surface area contributed by atoms with Gasteiger partial charge in [-0.3, -0.25) is 0 Å². The molecule has 0 aliphatic carbocycles. The molecular weight excluding hydrogens is 506 g/mol.